The fraction of sp³-hybridized carbons (Fsp3) is 0.182. The molecule has 0 spiro atoms. The molecule has 0 amide bonds. The van der Waals surface area contributed by atoms with E-state index in [-0.39, 0.29) is 10.8 Å². The summed E-state index contributed by atoms with van der Waals surface area (Å²) in [4.78, 5) is 22.4. The third-order valence-electron chi connectivity index (χ3n) is 4.76. The van der Waals surface area contributed by atoms with E-state index in [2.05, 4.69) is 4.98 Å². The Labute approximate surface area is 175 Å². The van der Waals surface area contributed by atoms with Crippen LogP contribution in [0.3, 0.4) is 0 Å². The number of ether oxygens (including phenoxy) is 2. The van der Waals surface area contributed by atoms with Crippen molar-refractivity contribution in [2.75, 3.05) is 13.2 Å². The molecule has 4 aromatic rings. The van der Waals surface area contributed by atoms with Crippen molar-refractivity contribution in [1.29, 1.82) is 0 Å². The highest BCUT2D eigenvalue weighted by atomic mass is 32.2. The van der Waals surface area contributed by atoms with Gasteiger partial charge in [0.25, 0.3) is 5.56 Å². The van der Waals surface area contributed by atoms with Crippen molar-refractivity contribution in [1.82, 2.24) is 9.97 Å². The van der Waals surface area contributed by atoms with Crippen LogP contribution in [0.2, 0.25) is 0 Å². The van der Waals surface area contributed by atoms with E-state index in [1.54, 1.807) is 11.8 Å². The Kier molecular flexibility index (Phi) is 4.77. The van der Waals surface area contributed by atoms with Crippen LogP contribution in [0, 0.1) is 0 Å². The van der Waals surface area contributed by atoms with E-state index in [1.807, 2.05) is 60.8 Å². The molecule has 7 heteroatoms. The lowest BCUT2D eigenvalue weighted by Crippen LogP contribution is -2.15. The predicted molar refractivity (Wildman–Crippen MR) is 117 cm³/mol. The standard InChI is InChI=1S/C22H18N2O3S2/c1-13(29-15-7-8-17-18(11-15)27-10-9-26-17)20-23-21(25)19-16(12-28-22(19)24-20)14-5-3-2-4-6-14/h2-8,11-13H,9-10H2,1H3,(H,23,24,25). The number of nitrogens with zero attached hydrogens (tertiary/aromatic N) is 1. The zero-order chi connectivity index (χ0) is 19.8. The Morgan fingerprint density at radius 1 is 1.10 bits per heavy atom. The highest BCUT2D eigenvalue weighted by molar-refractivity contribution is 7.99. The first-order valence-electron chi connectivity index (χ1n) is 9.32. The number of aromatic nitrogens is 2. The van der Waals surface area contributed by atoms with Crippen LogP contribution in [0.4, 0.5) is 0 Å². The molecule has 1 atom stereocenters. The van der Waals surface area contributed by atoms with Crippen LogP contribution in [0.5, 0.6) is 11.5 Å². The van der Waals surface area contributed by atoms with E-state index >= 15 is 0 Å². The Morgan fingerprint density at radius 3 is 2.72 bits per heavy atom. The fourth-order valence-electron chi connectivity index (χ4n) is 3.35. The zero-order valence-corrected chi connectivity index (χ0v) is 17.3. The Bertz CT molecular complexity index is 1230. The first kappa shape index (κ1) is 18.3. The van der Waals surface area contributed by atoms with E-state index in [1.165, 1.54) is 11.3 Å². The van der Waals surface area contributed by atoms with Crippen LogP contribution < -0.4 is 15.0 Å². The van der Waals surface area contributed by atoms with Gasteiger partial charge in [-0.1, -0.05) is 30.3 Å². The Hall–Kier alpha value is -2.77. The maximum atomic E-state index is 12.9. The number of benzene rings is 2. The van der Waals surface area contributed by atoms with Crippen molar-refractivity contribution >= 4 is 33.3 Å². The summed E-state index contributed by atoms with van der Waals surface area (Å²) >= 11 is 3.13. The molecule has 0 aliphatic carbocycles. The van der Waals surface area contributed by atoms with Gasteiger partial charge in [-0.05, 0) is 30.7 Å². The molecular formula is C22H18N2O3S2. The molecule has 3 heterocycles. The van der Waals surface area contributed by atoms with Gasteiger partial charge in [0.05, 0.1) is 10.6 Å². The molecule has 1 aliphatic heterocycles. The van der Waals surface area contributed by atoms with Gasteiger partial charge in [0.2, 0.25) is 0 Å². The summed E-state index contributed by atoms with van der Waals surface area (Å²) in [6, 6.07) is 15.8. The number of thiophene rings is 1. The van der Waals surface area contributed by atoms with E-state index in [9.17, 15) is 4.79 Å². The van der Waals surface area contributed by atoms with Crippen molar-refractivity contribution in [2.24, 2.45) is 0 Å². The molecule has 0 fully saturated rings. The highest BCUT2D eigenvalue weighted by Crippen LogP contribution is 2.39. The van der Waals surface area contributed by atoms with Crippen molar-refractivity contribution < 1.29 is 9.47 Å². The molecule has 29 heavy (non-hydrogen) atoms. The molecule has 1 N–H and O–H groups in total. The number of rotatable bonds is 4. The highest BCUT2D eigenvalue weighted by Gasteiger charge is 2.18. The molecule has 2 aromatic heterocycles. The number of thioether (sulfide) groups is 1. The predicted octanol–water partition coefficient (Wildman–Crippen LogP) is 5.28. The smallest absolute Gasteiger partial charge is 0.260 e. The second kappa shape index (κ2) is 7.57. The van der Waals surface area contributed by atoms with Gasteiger partial charge in [0.1, 0.15) is 23.9 Å². The molecule has 1 unspecified atom stereocenters. The number of hydrogen-bond acceptors (Lipinski definition) is 6. The number of H-pyrrole nitrogens is 1. The first-order chi connectivity index (χ1) is 14.2. The lowest BCUT2D eigenvalue weighted by molar-refractivity contribution is 0.171. The molecule has 146 valence electrons. The molecule has 0 radical (unpaired) electrons. The third-order valence-corrected chi connectivity index (χ3v) is 6.73. The minimum atomic E-state index is -0.0975. The van der Waals surface area contributed by atoms with Crippen LogP contribution in [-0.2, 0) is 0 Å². The molecular weight excluding hydrogens is 404 g/mol. The first-order valence-corrected chi connectivity index (χ1v) is 11.1. The van der Waals surface area contributed by atoms with Gasteiger partial charge in [-0.3, -0.25) is 4.79 Å². The lowest BCUT2D eigenvalue weighted by Gasteiger charge is -2.19. The van der Waals surface area contributed by atoms with Crippen molar-refractivity contribution in [2.45, 2.75) is 17.1 Å². The van der Waals surface area contributed by atoms with Gasteiger partial charge in [0.15, 0.2) is 11.5 Å². The monoisotopic (exact) mass is 422 g/mol. The van der Waals surface area contributed by atoms with Crippen molar-refractivity contribution in [3.63, 3.8) is 0 Å². The normalized spacial score (nSPS) is 14.1. The molecule has 5 rings (SSSR count). The van der Waals surface area contributed by atoms with Gasteiger partial charge in [0, 0.05) is 15.8 Å². The molecule has 0 saturated heterocycles. The summed E-state index contributed by atoms with van der Waals surface area (Å²) in [6.07, 6.45) is 0. The van der Waals surface area contributed by atoms with Crippen LogP contribution >= 0.6 is 23.1 Å². The molecule has 1 aliphatic rings. The largest absolute Gasteiger partial charge is 0.486 e. The minimum absolute atomic E-state index is 0.0167. The maximum absolute atomic E-state index is 12.9. The summed E-state index contributed by atoms with van der Waals surface area (Å²) in [5.74, 6) is 2.20. The minimum Gasteiger partial charge on any atom is -0.486 e. The maximum Gasteiger partial charge on any atom is 0.260 e. The summed E-state index contributed by atoms with van der Waals surface area (Å²) in [6.45, 7) is 3.18. The number of fused-ring (bicyclic) bond motifs is 2. The molecule has 2 aromatic carbocycles. The number of hydrogen-bond donors (Lipinski definition) is 1. The number of nitrogens with one attached hydrogen (secondary N) is 1. The summed E-state index contributed by atoms with van der Waals surface area (Å²) < 4.78 is 11.2. The second-order valence-electron chi connectivity index (χ2n) is 6.71. The Balaban J connectivity index is 1.45. The van der Waals surface area contributed by atoms with Gasteiger partial charge in [-0.25, -0.2) is 4.98 Å². The van der Waals surface area contributed by atoms with E-state index in [0.717, 1.165) is 32.4 Å². The summed E-state index contributed by atoms with van der Waals surface area (Å²) in [5.41, 5.74) is 1.86. The molecule has 5 nitrogen and oxygen atoms in total. The molecule has 0 saturated carbocycles. The van der Waals surface area contributed by atoms with Gasteiger partial charge in [-0.15, -0.1) is 23.1 Å². The fourth-order valence-corrected chi connectivity index (χ4v) is 5.25. The van der Waals surface area contributed by atoms with Crippen LogP contribution in [0.25, 0.3) is 21.3 Å². The van der Waals surface area contributed by atoms with Crippen LogP contribution in [-0.4, -0.2) is 23.2 Å². The average Bonchev–Trinajstić information content (AvgIpc) is 3.19. The van der Waals surface area contributed by atoms with Crippen LogP contribution in [0.15, 0.2) is 63.6 Å². The quantitative estimate of drug-likeness (QED) is 0.454. The molecule has 0 bridgehead atoms. The Morgan fingerprint density at radius 2 is 1.90 bits per heavy atom. The SMILES string of the molecule is CC(Sc1ccc2c(c1)OCCO2)c1nc2scc(-c3ccccc3)c2c(=O)[nH]1. The zero-order valence-electron chi connectivity index (χ0n) is 15.7. The van der Waals surface area contributed by atoms with Crippen molar-refractivity contribution in [3.8, 4) is 22.6 Å². The topological polar surface area (TPSA) is 64.2 Å². The lowest BCUT2D eigenvalue weighted by atomic mass is 10.1. The van der Waals surface area contributed by atoms with E-state index in [4.69, 9.17) is 14.5 Å². The van der Waals surface area contributed by atoms with Gasteiger partial charge >= 0.3 is 0 Å². The van der Waals surface area contributed by atoms with Gasteiger partial charge in [-0.2, -0.15) is 0 Å². The van der Waals surface area contributed by atoms with Crippen LogP contribution in [0.1, 0.15) is 18.0 Å². The van der Waals surface area contributed by atoms with E-state index < -0.39 is 0 Å². The summed E-state index contributed by atoms with van der Waals surface area (Å²) in [5, 5.41) is 2.64. The van der Waals surface area contributed by atoms with Gasteiger partial charge < -0.3 is 14.5 Å². The number of aromatic amines is 1. The van der Waals surface area contributed by atoms with Crippen molar-refractivity contribution in [3.05, 3.63) is 70.1 Å². The van der Waals surface area contributed by atoms with E-state index in [0.29, 0.717) is 24.4 Å². The summed E-state index contributed by atoms with van der Waals surface area (Å²) in [7, 11) is 0. The average molecular weight is 423 g/mol. The second-order valence-corrected chi connectivity index (χ2v) is 8.98. The third kappa shape index (κ3) is 3.52.